The van der Waals surface area contributed by atoms with Crippen molar-refractivity contribution in [3.05, 3.63) is 29.8 Å². The van der Waals surface area contributed by atoms with E-state index in [2.05, 4.69) is 50.4 Å². The molecule has 0 amide bonds. The van der Waals surface area contributed by atoms with E-state index >= 15 is 0 Å². The Balaban J connectivity index is 1.77. The maximum absolute atomic E-state index is 5.97. The topological polar surface area (TPSA) is 21.3 Å². The van der Waals surface area contributed by atoms with E-state index < -0.39 is 0 Å². The van der Waals surface area contributed by atoms with Gasteiger partial charge in [-0.25, -0.2) is 0 Å². The van der Waals surface area contributed by atoms with E-state index in [0.29, 0.717) is 6.10 Å². The number of rotatable bonds is 5. The Hall–Kier alpha value is -1.02. The molecule has 2 nitrogen and oxygen atoms in total. The molecule has 106 valence electrons. The molecule has 0 spiro atoms. The lowest BCUT2D eigenvalue weighted by molar-refractivity contribution is 0.210. The molecule has 1 N–H and O–H groups in total. The molecule has 2 rings (SSSR count). The molecule has 1 aliphatic rings. The molecule has 1 saturated carbocycles. The Bertz CT molecular complexity index is 371. The van der Waals surface area contributed by atoms with Crippen molar-refractivity contribution in [3.63, 3.8) is 0 Å². The minimum atomic E-state index is 0.200. The Labute approximate surface area is 117 Å². The lowest BCUT2D eigenvalue weighted by Gasteiger charge is -2.20. The fourth-order valence-corrected chi connectivity index (χ4v) is 2.52. The molecule has 0 atom stereocenters. The van der Waals surface area contributed by atoms with Gasteiger partial charge in [0.25, 0.3) is 0 Å². The second-order valence-electron chi connectivity index (χ2n) is 6.60. The van der Waals surface area contributed by atoms with Crippen molar-refractivity contribution in [3.8, 4) is 5.75 Å². The Morgan fingerprint density at radius 1 is 1.11 bits per heavy atom. The molecule has 0 aliphatic heterocycles. The molecule has 1 fully saturated rings. The van der Waals surface area contributed by atoms with E-state index in [1.54, 1.807) is 0 Å². The van der Waals surface area contributed by atoms with Gasteiger partial charge in [0.15, 0.2) is 0 Å². The summed E-state index contributed by atoms with van der Waals surface area (Å²) in [6.45, 7) is 7.62. The van der Waals surface area contributed by atoms with Gasteiger partial charge in [-0.05, 0) is 77.1 Å². The molecule has 0 saturated heterocycles. The van der Waals surface area contributed by atoms with Gasteiger partial charge in [-0.3, -0.25) is 0 Å². The molecule has 19 heavy (non-hydrogen) atoms. The quantitative estimate of drug-likeness (QED) is 0.867. The van der Waals surface area contributed by atoms with Gasteiger partial charge < -0.3 is 10.1 Å². The van der Waals surface area contributed by atoms with Gasteiger partial charge in [0.05, 0.1) is 6.10 Å². The van der Waals surface area contributed by atoms with Gasteiger partial charge in [0.1, 0.15) is 5.75 Å². The summed E-state index contributed by atoms with van der Waals surface area (Å²) in [7, 11) is 0. The molecule has 0 heterocycles. The van der Waals surface area contributed by atoms with Crippen LogP contribution in [0.1, 0.15) is 52.0 Å². The number of hydrogen-bond donors (Lipinski definition) is 1. The van der Waals surface area contributed by atoms with E-state index in [9.17, 15) is 0 Å². The third kappa shape index (κ3) is 5.23. The van der Waals surface area contributed by atoms with Crippen LogP contribution >= 0.6 is 0 Å². The Kier molecular flexibility index (Phi) is 4.87. The average molecular weight is 261 g/mol. The van der Waals surface area contributed by atoms with Crippen molar-refractivity contribution >= 4 is 0 Å². The zero-order valence-electron chi connectivity index (χ0n) is 12.5. The first-order valence-electron chi connectivity index (χ1n) is 7.53. The summed E-state index contributed by atoms with van der Waals surface area (Å²) in [6, 6.07) is 8.61. The Morgan fingerprint density at radius 3 is 2.32 bits per heavy atom. The zero-order valence-corrected chi connectivity index (χ0v) is 12.5. The van der Waals surface area contributed by atoms with Crippen LogP contribution in [0, 0.1) is 0 Å². The van der Waals surface area contributed by atoms with Crippen LogP contribution in [0.5, 0.6) is 5.75 Å². The van der Waals surface area contributed by atoms with Crippen LogP contribution in [0.3, 0.4) is 0 Å². The SMILES string of the molecule is CC(C)(C)NCCc1ccc(OC2CCCC2)cc1. The van der Waals surface area contributed by atoms with Crippen molar-refractivity contribution in [1.82, 2.24) is 5.32 Å². The maximum Gasteiger partial charge on any atom is 0.119 e. The van der Waals surface area contributed by atoms with Crippen LogP contribution in [-0.2, 0) is 6.42 Å². The Morgan fingerprint density at radius 2 is 1.74 bits per heavy atom. The third-order valence-corrected chi connectivity index (χ3v) is 3.60. The number of hydrogen-bond acceptors (Lipinski definition) is 2. The van der Waals surface area contributed by atoms with Gasteiger partial charge in [-0.1, -0.05) is 12.1 Å². The fourth-order valence-electron chi connectivity index (χ4n) is 2.52. The third-order valence-electron chi connectivity index (χ3n) is 3.60. The van der Waals surface area contributed by atoms with E-state index in [4.69, 9.17) is 4.74 Å². The lowest BCUT2D eigenvalue weighted by atomic mass is 10.1. The monoisotopic (exact) mass is 261 g/mol. The smallest absolute Gasteiger partial charge is 0.119 e. The van der Waals surface area contributed by atoms with Gasteiger partial charge in [-0.2, -0.15) is 0 Å². The molecule has 0 radical (unpaired) electrons. The van der Waals surface area contributed by atoms with Gasteiger partial charge in [-0.15, -0.1) is 0 Å². The van der Waals surface area contributed by atoms with Crippen LogP contribution in [0.15, 0.2) is 24.3 Å². The van der Waals surface area contributed by atoms with Crippen LogP contribution in [0.2, 0.25) is 0 Å². The summed E-state index contributed by atoms with van der Waals surface area (Å²) in [5, 5.41) is 3.51. The van der Waals surface area contributed by atoms with E-state index in [0.717, 1.165) is 18.7 Å². The molecule has 1 aromatic carbocycles. The summed E-state index contributed by atoms with van der Waals surface area (Å²) < 4.78 is 5.97. The lowest BCUT2D eigenvalue weighted by Crippen LogP contribution is -2.37. The summed E-state index contributed by atoms with van der Waals surface area (Å²) in [6.07, 6.45) is 6.60. The molecule has 0 unspecified atom stereocenters. The summed E-state index contributed by atoms with van der Waals surface area (Å²) in [5.74, 6) is 1.03. The molecule has 0 aromatic heterocycles. The highest BCUT2D eigenvalue weighted by molar-refractivity contribution is 5.27. The highest BCUT2D eigenvalue weighted by Crippen LogP contribution is 2.24. The second-order valence-corrected chi connectivity index (χ2v) is 6.60. The maximum atomic E-state index is 5.97. The average Bonchev–Trinajstić information content (AvgIpc) is 2.83. The van der Waals surface area contributed by atoms with Gasteiger partial charge in [0.2, 0.25) is 0 Å². The predicted molar refractivity (Wildman–Crippen MR) is 80.8 cm³/mol. The number of benzene rings is 1. The minimum Gasteiger partial charge on any atom is -0.490 e. The largest absolute Gasteiger partial charge is 0.490 e. The molecular weight excluding hydrogens is 234 g/mol. The summed E-state index contributed by atoms with van der Waals surface area (Å²) >= 11 is 0. The van der Waals surface area contributed by atoms with Gasteiger partial charge in [0, 0.05) is 5.54 Å². The number of ether oxygens (including phenoxy) is 1. The highest BCUT2D eigenvalue weighted by atomic mass is 16.5. The molecule has 1 aliphatic carbocycles. The normalized spacial score (nSPS) is 16.8. The first kappa shape index (κ1) is 14.4. The van der Waals surface area contributed by atoms with Crippen molar-refractivity contribution in [2.24, 2.45) is 0 Å². The van der Waals surface area contributed by atoms with Crippen molar-refractivity contribution in [2.75, 3.05) is 6.54 Å². The predicted octanol–water partition coefficient (Wildman–Crippen LogP) is 3.94. The second kappa shape index (κ2) is 6.42. The van der Waals surface area contributed by atoms with E-state index in [1.807, 2.05) is 0 Å². The minimum absolute atomic E-state index is 0.200. The van der Waals surface area contributed by atoms with Crippen molar-refractivity contribution in [2.45, 2.75) is 64.5 Å². The number of nitrogens with one attached hydrogen (secondary N) is 1. The molecule has 2 heteroatoms. The fraction of sp³-hybridized carbons (Fsp3) is 0.647. The van der Waals surface area contributed by atoms with E-state index in [1.165, 1.54) is 31.2 Å². The molecular formula is C17H27NO. The molecule has 1 aromatic rings. The summed E-state index contributed by atoms with van der Waals surface area (Å²) in [4.78, 5) is 0. The van der Waals surface area contributed by atoms with Crippen LogP contribution < -0.4 is 10.1 Å². The first-order valence-corrected chi connectivity index (χ1v) is 7.53. The molecule has 0 bridgehead atoms. The van der Waals surface area contributed by atoms with Crippen LogP contribution in [-0.4, -0.2) is 18.2 Å². The van der Waals surface area contributed by atoms with Crippen LogP contribution in [0.4, 0.5) is 0 Å². The van der Waals surface area contributed by atoms with Crippen molar-refractivity contribution in [1.29, 1.82) is 0 Å². The highest BCUT2D eigenvalue weighted by Gasteiger charge is 2.16. The van der Waals surface area contributed by atoms with Crippen molar-refractivity contribution < 1.29 is 4.74 Å². The zero-order chi connectivity index (χ0) is 13.7. The first-order chi connectivity index (χ1) is 9.03. The standard InChI is InChI=1S/C17H27NO/c1-17(2,3)18-13-12-14-8-10-16(11-9-14)19-15-6-4-5-7-15/h8-11,15,18H,4-7,12-13H2,1-3H3. The summed E-state index contributed by atoms with van der Waals surface area (Å²) in [5.41, 5.74) is 1.57. The van der Waals surface area contributed by atoms with Crippen LogP contribution in [0.25, 0.3) is 0 Å². The van der Waals surface area contributed by atoms with E-state index in [-0.39, 0.29) is 5.54 Å². The van der Waals surface area contributed by atoms with Gasteiger partial charge >= 0.3 is 0 Å².